The molecule has 7 heteroatoms. The van der Waals surface area contributed by atoms with Crippen molar-refractivity contribution in [3.05, 3.63) is 22.8 Å². The van der Waals surface area contributed by atoms with Gasteiger partial charge in [0.1, 0.15) is 22.4 Å². The molecule has 1 unspecified atom stereocenters. The topological polar surface area (TPSA) is 103 Å². The van der Waals surface area contributed by atoms with Crippen LogP contribution < -0.4 is 10.6 Å². The van der Waals surface area contributed by atoms with Gasteiger partial charge in [-0.2, -0.15) is 5.26 Å². The number of anilines is 1. The van der Waals surface area contributed by atoms with E-state index in [0.717, 1.165) is 0 Å². The van der Waals surface area contributed by atoms with Crippen molar-refractivity contribution in [3.63, 3.8) is 0 Å². The highest BCUT2D eigenvalue weighted by molar-refractivity contribution is 6.34. The zero-order chi connectivity index (χ0) is 13.3. The molecule has 2 heterocycles. The van der Waals surface area contributed by atoms with Crippen LogP contribution in [0.3, 0.4) is 0 Å². The van der Waals surface area contributed by atoms with Gasteiger partial charge < -0.3 is 15.7 Å². The van der Waals surface area contributed by atoms with Crippen LogP contribution >= 0.6 is 11.6 Å². The Bertz CT molecular complexity index is 542. The van der Waals surface area contributed by atoms with Crippen LogP contribution in [-0.2, 0) is 4.79 Å². The first-order valence-corrected chi connectivity index (χ1v) is 5.67. The van der Waals surface area contributed by atoms with E-state index < -0.39 is 11.5 Å². The summed E-state index contributed by atoms with van der Waals surface area (Å²) < 4.78 is 0. The number of rotatable bonds is 2. The van der Waals surface area contributed by atoms with Crippen molar-refractivity contribution in [2.45, 2.75) is 12.0 Å². The molecular weight excluding hydrogens is 256 g/mol. The minimum Gasteiger partial charge on any atom is -0.480 e. The molecule has 1 aliphatic rings. The molecule has 2 rings (SSSR count). The number of hydrogen-bond donors (Lipinski definition) is 2. The summed E-state index contributed by atoms with van der Waals surface area (Å²) in [5.41, 5.74) is 4.80. The molecule has 0 aromatic carbocycles. The van der Waals surface area contributed by atoms with Gasteiger partial charge in [0.15, 0.2) is 0 Å². The summed E-state index contributed by atoms with van der Waals surface area (Å²) >= 11 is 6.05. The third-order valence-electron chi connectivity index (χ3n) is 3.02. The smallest absolute Gasteiger partial charge is 0.325 e. The zero-order valence-electron chi connectivity index (χ0n) is 9.43. The average molecular weight is 267 g/mol. The molecule has 1 saturated heterocycles. The molecule has 0 amide bonds. The number of nitrogens with zero attached hydrogens (tertiary/aromatic N) is 3. The van der Waals surface area contributed by atoms with Gasteiger partial charge in [-0.1, -0.05) is 11.6 Å². The lowest BCUT2D eigenvalue weighted by atomic mass is 10.0. The highest BCUT2D eigenvalue weighted by Gasteiger charge is 2.42. The monoisotopic (exact) mass is 266 g/mol. The number of carbonyl (C=O) groups is 1. The molecule has 1 fully saturated rings. The molecule has 0 saturated carbocycles. The summed E-state index contributed by atoms with van der Waals surface area (Å²) in [6.45, 7) is 0.578. The number of aliphatic carboxylic acids is 1. The Hall–Kier alpha value is -1.84. The van der Waals surface area contributed by atoms with Gasteiger partial charge >= 0.3 is 5.97 Å². The van der Waals surface area contributed by atoms with Gasteiger partial charge in [-0.25, -0.2) is 4.98 Å². The first-order valence-electron chi connectivity index (χ1n) is 5.30. The number of hydrogen-bond acceptors (Lipinski definition) is 5. The van der Waals surface area contributed by atoms with Crippen LogP contribution in [0, 0.1) is 11.3 Å². The fraction of sp³-hybridized carbons (Fsp3) is 0.364. The third kappa shape index (κ3) is 1.98. The molecule has 3 N–H and O–H groups in total. The number of carboxylic acids is 1. The van der Waals surface area contributed by atoms with Gasteiger partial charge in [-0.3, -0.25) is 4.79 Å². The van der Waals surface area contributed by atoms with Gasteiger partial charge in [-0.05, 0) is 12.5 Å². The molecule has 0 spiro atoms. The van der Waals surface area contributed by atoms with Crippen molar-refractivity contribution in [3.8, 4) is 6.07 Å². The molecule has 0 bridgehead atoms. The van der Waals surface area contributed by atoms with Gasteiger partial charge in [-0.15, -0.1) is 0 Å². The Balaban J connectivity index is 2.31. The summed E-state index contributed by atoms with van der Waals surface area (Å²) in [6.07, 6.45) is 1.79. The number of nitrogens with two attached hydrogens (primary N) is 1. The molecule has 94 valence electrons. The Labute approximate surface area is 109 Å². The molecule has 18 heavy (non-hydrogen) atoms. The molecule has 0 aliphatic carbocycles. The van der Waals surface area contributed by atoms with Crippen LogP contribution in [0.4, 0.5) is 5.82 Å². The maximum Gasteiger partial charge on any atom is 0.325 e. The lowest BCUT2D eigenvalue weighted by molar-refractivity contribution is -0.142. The second-order valence-corrected chi connectivity index (χ2v) is 4.62. The van der Waals surface area contributed by atoms with Gasteiger partial charge in [0.25, 0.3) is 0 Å². The molecule has 1 atom stereocenters. The molecule has 1 aromatic heterocycles. The van der Waals surface area contributed by atoms with Crippen LogP contribution in [0.5, 0.6) is 0 Å². The van der Waals surface area contributed by atoms with Crippen LogP contribution in [-0.4, -0.2) is 34.7 Å². The quantitative estimate of drug-likeness (QED) is 0.812. The van der Waals surface area contributed by atoms with Crippen molar-refractivity contribution in [1.82, 2.24) is 4.98 Å². The van der Waals surface area contributed by atoms with E-state index >= 15 is 0 Å². The van der Waals surface area contributed by atoms with E-state index in [1.54, 1.807) is 4.90 Å². The Morgan fingerprint density at radius 2 is 2.44 bits per heavy atom. The van der Waals surface area contributed by atoms with Crippen molar-refractivity contribution < 1.29 is 9.90 Å². The van der Waals surface area contributed by atoms with Crippen LogP contribution in [0.1, 0.15) is 12.0 Å². The van der Waals surface area contributed by atoms with E-state index in [1.807, 2.05) is 6.07 Å². The van der Waals surface area contributed by atoms with Crippen molar-refractivity contribution in [2.75, 3.05) is 18.0 Å². The molecular formula is C11H11ClN4O2. The normalized spacial score (nSPS) is 22.8. The summed E-state index contributed by atoms with van der Waals surface area (Å²) in [6, 6.07) is 3.47. The number of nitriles is 1. The van der Waals surface area contributed by atoms with Gasteiger partial charge in [0.2, 0.25) is 0 Å². The number of aromatic nitrogens is 1. The summed E-state index contributed by atoms with van der Waals surface area (Å²) in [5.74, 6) is -0.637. The van der Waals surface area contributed by atoms with E-state index in [9.17, 15) is 4.79 Å². The summed E-state index contributed by atoms with van der Waals surface area (Å²) in [5, 5.41) is 18.2. The predicted octanol–water partition coefficient (Wildman–Crippen LogP) is 0.599. The summed E-state index contributed by atoms with van der Waals surface area (Å²) in [7, 11) is 0. The van der Waals surface area contributed by atoms with Crippen molar-refractivity contribution in [1.29, 1.82) is 5.26 Å². The molecule has 0 radical (unpaired) electrons. The Morgan fingerprint density at radius 3 is 3.00 bits per heavy atom. The maximum absolute atomic E-state index is 11.1. The second-order valence-electron chi connectivity index (χ2n) is 4.24. The van der Waals surface area contributed by atoms with E-state index in [0.29, 0.717) is 24.3 Å². The van der Waals surface area contributed by atoms with E-state index in [2.05, 4.69) is 4.98 Å². The lowest BCUT2D eigenvalue weighted by Crippen LogP contribution is -2.50. The highest BCUT2D eigenvalue weighted by Crippen LogP contribution is 2.31. The fourth-order valence-corrected chi connectivity index (χ4v) is 2.20. The first kappa shape index (κ1) is 12.6. The number of halogens is 1. The van der Waals surface area contributed by atoms with Gasteiger partial charge in [0.05, 0.1) is 5.56 Å². The largest absolute Gasteiger partial charge is 0.480 e. The van der Waals surface area contributed by atoms with E-state index in [1.165, 1.54) is 12.3 Å². The van der Waals surface area contributed by atoms with E-state index in [-0.39, 0.29) is 11.6 Å². The highest BCUT2D eigenvalue weighted by atomic mass is 35.5. The standard InChI is InChI=1S/C11H11ClN4O2/c12-8-7(5-13)1-3-15-9(8)16-4-2-11(14,6-16)10(17)18/h1,3H,2,4,6,14H2,(H,17,18). The Morgan fingerprint density at radius 1 is 1.72 bits per heavy atom. The van der Waals surface area contributed by atoms with Crippen molar-refractivity contribution >= 4 is 23.4 Å². The molecule has 1 aromatic rings. The minimum absolute atomic E-state index is 0.129. The lowest BCUT2D eigenvalue weighted by Gasteiger charge is -2.21. The van der Waals surface area contributed by atoms with Crippen molar-refractivity contribution in [2.24, 2.45) is 5.73 Å². The first-order chi connectivity index (χ1) is 8.48. The number of carboxylic acid groups (broad SMARTS) is 1. The van der Waals surface area contributed by atoms with Crippen LogP contribution in [0.2, 0.25) is 5.02 Å². The molecule has 6 nitrogen and oxygen atoms in total. The minimum atomic E-state index is -1.28. The average Bonchev–Trinajstić information content (AvgIpc) is 2.73. The number of pyridine rings is 1. The third-order valence-corrected chi connectivity index (χ3v) is 3.39. The Kier molecular flexibility index (Phi) is 3.11. The molecule has 1 aliphatic heterocycles. The summed E-state index contributed by atoms with van der Waals surface area (Å²) in [4.78, 5) is 16.8. The van der Waals surface area contributed by atoms with E-state index in [4.69, 9.17) is 27.7 Å². The van der Waals surface area contributed by atoms with Crippen LogP contribution in [0.25, 0.3) is 0 Å². The maximum atomic E-state index is 11.1. The van der Waals surface area contributed by atoms with Gasteiger partial charge in [0, 0.05) is 19.3 Å². The fourth-order valence-electron chi connectivity index (χ4n) is 1.93. The predicted molar refractivity (Wildman–Crippen MR) is 65.3 cm³/mol. The van der Waals surface area contributed by atoms with Crippen LogP contribution in [0.15, 0.2) is 12.3 Å². The SMILES string of the molecule is N#Cc1ccnc(N2CCC(N)(C(=O)O)C2)c1Cl. The second kappa shape index (κ2) is 4.44. The zero-order valence-corrected chi connectivity index (χ0v) is 10.2.